The fraction of sp³-hybridized carbons (Fsp3) is 0.600. The first-order valence-electron chi connectivity index (χ1n) is 4.65. The highest BCUT2D eigenvalue weighted by molar-refractivity contribution is 8.02. The van der Waals surface area contributed by atoms with Crippen molar-refractivity contribution in [3.63, 3.8) is 0 Å². The van der Waals surface area contributed by atoms with Crippen LogP contribution in [0.25, 0.3) is 0 Å². The molecule has 0 saturated heterocycles. The van der Waals surface area contributed by atoms with Gasteiger partial charge in [-0.15, -0.1) is 11.8 Å². The second-order valence-electron chi connectivity index (χ2n) is 2.71. The van der Waals surface area contributed by atoms with Crippen molar-refractivity contribution < 1.29 is 0 Å². The molecule has 0 aromatic rings. The van der Waals surface area contributed by atoms with E-state index in [0.717, 1.165) is 9.98 Å². The minimum Gasteiger partial charge on any atom is -0.330 e. The molecule has 0 radical (unpaired) electrons. The monoisotopic (exact) mass is 247 g/mol. The molecule has 0 fully saturated rings. The zero-order valence-corrected chi connectivity index (χ0v) is 11.8. The van der Waals surface area contributed by atoms with Crippen LogP contribution in [-0.4, -0.2) is 28.2 Å². The van der Waals surface area contributed by atoms with Crippen molar-refractivity contribution in [2.24, 2.45) is 5.92 Å². The topological polar surface area (TPSA) is 3.24 Å². The number of nitrogens with zero attached hydrogens (tertiary/aromatic N) is 1. The maximum Gasteiger partial charge on any atom is 0.107 e. The lowest BCUT2D eigenvalue weighted by atomic mass is 10.1. The Morgan fingerprint density at radius 1 is 1.36 bits per heavy atom. The number of rotatable bonds is 1. The van der Waals surface area contributed by atoms with E-state index in [0.29, 0.717) is 5.92 Å². The van der Waals surface area contributed by atoms with E-state index in [1.54, 1.807) is 11.8 Å². The summed E-state index contributed by atoms with van der Waals surface area (Å²) in [6.07, 6.45) is 4.08. The van der Waals surface area contributed by atoms with Crippen LogP contribution in [0.15, 0.2) is 11.0 Å². The van der Waals surface area contributed by atoms with Gasteiger partial charge in [-0.05, 0) is 17.2 Å². The number of hydrogen-bond donors (Lipinski definition) is 0. The molecule has 0 saturated carbocycles. The summed E-state index contributed by atoms with van der Waals surface area (Å²) in [6, 6.07) is 0. The summed E-state index contributed by atoms with van der Waals surface area (Å²) in [5, 5.41) is 0. The molecule has 0 aromatic heterocycles. The van der Waals surface area contributed by atoms with E-state index in [4.69, 9.17) is 24.4 Å². The van der Waals surface area contributed by atoms with Crippen molar-refractivity contribution in [1.82, 2.24) is 4.90 Å². The van der Waals surface area contributed by atoms with Crippen LogP contribution in [0.4, 0.5) is 0 Å². The molecule has 1 heterocycles. The number of thioether (sulfide) groups is 1. The predicted molar refractivity (Wildman–Crippen MR) is 75.1 cm³/mol. The van der Waals surface area contributed by atoms with Crippen molar-refractivity contribution in [2.45, 2.75) is 20.8 Å². The maximum atomic E-state index is 5.26. The van der Waals surface area contributed by atoms with Crippen LogP contribution in [0, 0.1) is 5.92 Å². The zero-order chi connectivity index (χ0) is 11.3. The third-order valence-electron chi connectivity index (χ3n) is 1.96. The van der Waals surface area contributed by atoms with Gasteiger partial charge in [0.15, 0.2) is 0 Å². The molecule has 0 N–H and O–H groups in total. The Bertz CT molecular complexity index is 258. The molecule has 4 heteroatoms. The second-order valence-corrected chi connectivity index (χ2v) is 4.42. The van der Waals surface area contributed by atoms with Gasteiger partial charge in [0.05, 0.1) is 4.99 Å². The molecular formula is C10H17NS3. The first-order chi connectivity index (χ1) is 6.57. The normalized spacial score (nSPS) is 21.4. The van der Waals surface area contributed by atoms with Gasteiger partial charge in [-0.25, -0.2) is 0 Å². The van der Waals surface area contributed by atoms with Crippen molar-refractivity contribution >= 4 is 46.2 Å². The summed E-state index contributed by atoms with van der Waals surface area (Å²) in [6.45, 7) is 6.11. The average Bonchev–Trinajstić information content (AvgIpc) is 2.23. The molecular weight excluding hydrogens is 230 g/mol. The number of likely N-dealkylation sites (N-methyl/N-ethyl adjacent to an activating group) is 1. The fourth-order valence-electron chi connectivity index (χ4n) is 1.10. The van der Waals surface area contributed by atoms with Gasteiger partial charge in [0.25, 0.3) is 0 Å². The summed E-state index contributed by atoms with van der Waals surface area (Å²) >= 11 is 12.1. The molecule has 1 unspecified atom stereocenters. The second kappa shape index (κ2) is 6.53. The summed E-state index contributed by atoms with van der Waals surface area (Å²) in [4.78, 5) is 4.91. The highest BCUT2D eigenvalue weighted by atomic mass is 32.2. The molecule has 1 nitrogen and oxygen atoms in total. The van der Waals surface area contributed by atoms with Crippen molar-refractivity contribution in [1.29, 1.82) is 0 Å². The lowest BCUT2D eigenvalue weighted by Gasteiger charge is -2.29. The van der Waals surface area contributed by atoms with E-state index >= 15 is 0 Å². The molecule has 0 aromatic carbocycles. The lowest BCUT2D eigenvalue weighted by molar-refractivity contribution is 0.716. The van der Waals surface area contributed by atoms with Gasteiger partial charge >= 0.3 is 0 Å². The zero-order valence-electron chi connectivity index (χ0n) is 9.33. The summed E-state index contributed by atoms with van der Waals surface area (Å²) < 4.78 is 0. The van der Waals surface area contributed by atoms with Crippen LogP contribution in [0.1, 0.15) is 20.8 Å². The molecule has 80 valence electrons. The summed E-state index contributed by atoms with van der Waals surface area (Å²) in [5.41, 5.74) is 0. The first kappa shape index (κ1) is 14.1. The fourth-order valence-corrected chi connectivity index (χ4v) is 2.45. The standard InChI is InChI=1S/C8H11NS3.C2H6/c1-5-6(12-3)4-7(10)9(2)8(5)11;1-2/h4-5H,1-3H3;1-2H3. The van der Waals surface area contributed by atoms with Crippen molar-refractivity contribution in [3.8, 4) is 0 Å². The molecule has 1 rings (SSSR count). The third kappa shape index (κ3) is 3.04. The predicted octanol–water partition coefficient (Wildman–Crippen LogP) is 3.50. The highest BCUT2D eigenvalue weighted by Gasteiger charge is 2.23. The molecule has 1 aliphatic rings. The summed E-state index contributed by atoms with van der Waals surface area (Å²) in [5.74, 6) is 0.340. The van der Waals surface area contributed by atoms with Crippen LogP contribution in [0.5, 0.6) is 0 Å². The molecule has 0 spiro atoms. The SMILES string of the molecule is CC.CSC1=CC(=S)N(C)C(=S)C1C. The van der Waals surface area contributed by atoms with E-state index < -0.39 is 0 Å². The molecule has 1 atom stereocenters. The maximum absolute atomic E-state index is 5.26. The van der Waals surface area contributed by atoms with Crippen LogP contribution in [0.3, 0.4) is 0 Å². The highest BCUT2D eigenvalue weighted by Crippen LogP contribution is 2.28. The van der Waals surface area contributed by atoms with Gasteiger partial charge in [0.1, 0.15) is 4.99 Å². The third-order valence-corrected chi connectivity index (χ3v) is 3.92. The molecule has 14 heavy (non-hydrogen) atoms. The van der Waals surface area contributed by atoms with Gasteiger partial charge in [0, 0.05) is 13.0 Å². The quantitative estimate of drug-likeness (QED) is 0.652. The lowest BCUT2D eigenvalue weighted by Crippen LogP contribution is -2.37. The van der Waals surface area contributed by atoms with Gasteiger partial charge in [-0.3, -0.25) is 0 Å². The Balaban J connectivity index is 0.000000791. The van der Waals surface area contributed by atoms with Crippen molar-refractivity contribution in [2.75, 3.05) is 13.3 Å². The van der Waals surface area contributed by atoms with E-state index in [2.05, 4.69) is 13.2 Å². The minimum atomic E-state index is 0.340. The first-order valence-corrected chi connectivity index (χ1v) is 6.69. The van der Waals surface area contributed by atoms with Crippen LogP contribution in [0.2, 0.25) is 0 Å². The molecule has 1 aliphatic heterocycles. The van der Waals surface area contributed by atoms with Crippen LogP contribution < -0.4 is 0 Å². The van der Waals surface area contributed by atoms with E-state index in [1.807, 2.05) is 31.9 Å². The van der Waals surface area contributed by atoms with E-state index in [9.17, 15) is 0 Å². The van der Waals surface area contributed by atoms with Crippen LogP contribution >= 0.6 is 36.2 Å². The minimum absolute atomic E-state index is 0.340. The van der Waals surface area contributed by atoms with E-state index in [1.165, 1.54) is 4.91 Å². The van der Waals surface area contributed by atoms with Crippen molar-refractivity contribution in [3.05, 3.63) is 11.0 Å². The Kier molecular flexibility index (Phi) is 6.57. The summed E-state index contributed by atoms with van der Waals surface area (Å²) in [7, 11) is 1.93. The van der Waals surface area contributed by atoms with Gasteiger partial charge in [0.2, 0.25) is 0 Å². The Morgan fingerprint density at radius 2 is 1.86 bits per heavy atom. The molecule has 0 aliphatic carbocycles. The van der Waals surface area contributed by atoms with E-state index in [-0.39, 0.29) is 0 Å². The largest absolute Gasteiger partial charge is 0.330 e. The molecule has 0 bridgehead atoms. The van der Waals surface area contributed by atoms with Gasteiger partial charge < -0.3 is 4.90 Å². The van der Waals surface area contributed by atoms with Crippen LogP contribution in [-0.2, 0) is 0 Å². The number of hydrogen-bond acceptors (Lipinski definition) is 3. The Labute approximate surface area is 102 Å². The smallest absolute Gasteiger partial charge is 0.107 e. The Hall–Kier alpha value is 0.0700. The van der Waals surface area contributed by atoms with Gasteiger partial charge in [-0.2, -0.15) is 0 Å². The van der Waals surface area contributed by atoms with Gasteiger partial charge in [-0.1, -0.05) is 45.2 Å². The molecule has 0 amide bonds. The average molecular weight is 247 g/mol. The Morgan fingerprint density at radius 3 is 2.29 bits per heavy atom. The number of thiocarbonyl (C=S) groups is 2.